The van der Waals surface area contributed by atoms with Crippen molar-refractivity contribution in [1.82, 2.24) is 4.98 Å². The average Bonchev–Trinajstić information content (AvgIpc) is 2.97. The zero-order chi connectivity index (χ0) is 13.9. The second kappa shape index (κ2) is 6.02. The average molecular weight is 273 g/mol. The van der Waals surface area contributed by atoms with Gasteiger partial charge in [-0.3, -0.25) is 0 Å². The van der Waals surface area contributed by atoms with E-state index in [-0.39, 0.29) is 0 Å². The third-order valence-electron chi connectivity index (χ3n) is 5.15. The van der Waals surface area contributed by atoms with E-state index in [0.29, 0.717) is 6.04 Å². The van der Waals surface area contributed by atoms with E-state index in [1.165, 1.54) is 37.8 Å². The van der Waals surface area contributed by atoms with Crippen molar-refractivity contribution in [3.8, 4) is 0 Å². The van der Waals surface area contributed by atoms with Crippen LogP contribution >= 0.6 is 0 Å². The number of hydrogen-bond donors (Lipinski definition) is 1. The maximum absolute atomic E-state index is 4.62. The Morgan fingerprint density at radius 3 is 2.70 bits per heavy atom. The largest absolute Gasteiger partial charge is 0.379 e. The van der Waals surface area contributed by atoms with Gasteiger partial charge in [-0.25, -0.2) is 4.98 Å². The van der Waals surface area contributed by atoms with Crippen LogP contribution in [-0.2, 0) is 0 Å². The molecule has 1 saturated heterocycles. The zero-order valence-electron chi connectivity index (χ0n) is 12.8. The molecule has 1 saturated carbocycles. The monoisotopic (exact) mass is 273 g/mol. The Balaban J connectivity index is 1.71. The molecular weight excluding hydrogens is 246 g/mol. The van der Waals surface area contributed by atoms with Crippen LogP contribution in [0.4, 0.5) is 11.5 Å². The quantitative estimate of drug-likeness (QED) is 0.904. The van der Waals surface area contributed by atoms with Gasteiger partial charge in [0.05, 0.1) is 5.69 Å². The minimum atomic E-state index is 0.617. The van der Waals surface area contributed by atoms with Crippen LogP contribution < -0.4 is 10.2 Å². The summed E-state index contributed by atoms with van der Waals surface area (Å²) in [5.41, 5.74) is 1.24. The third-order valence-corrected chi connectivity index (χ3v) is 5.15. The van der Waals surface area contributed by atoms with E-state index < -0.39 is 0 Å². The number of nitrogens with one attached hydrogen (secondary N) is 1. The second-order valence-electron chi connectivity index (χ2n) is 6.68. The van der Waals surface area contributed by atoms with E-state index in [1.54, 1.807) is 0 Å². The standard InChI is InChI=1S/C17H27N3/c1-13-7-8-15(12-14(13)2)19-16-6-5-9-18-17(16)20-10-3-4-11-20/h5-6,9,13-15,19H,3-4,7-8,10-12H2,1-2H3. The molecule has 0 spiro atoms. The normalized spacial score (nSPS) is 30.5. The maximum Gasteiger partial charge on any atom is 0.151 e. The highest BCUT2D eigenvalue weighted by atomic mass is 15.2. The van der Waals surface area contributed by atoms with E-state index in [4.69, 9.17) is 0 Å². The number of rotatable bonds is 3. The molecule has 2 aliphatic rings. The van der Waals surface area contributed by atoms with E-state index in [9.17, 15) is 0 Å². The molecule has 0 bridgehead atoms. The van der Waals surface area contributed by atoms with Crippen molar-refractivity contribution in [3.63, 3.8) is 0 Å². The molecule has 1 aromatic rings. The molecule has 3 heteroatoms. The van der Waals surface area contributed by atoms with Crippen LogP contribution in [0.3, 0.4) is 0 Å². The first-order valence-electron chi connectivity index (χ1n) is 8.20. The Kier molecular flexibility index (Phi) is 4.13. The van der Waals surface area contributed by atoms with Gasteiger partial charge in [0.1, 0.15) is 0 Å². The first kappa shape index (κ1) is 13.7. The van der Waals surface area contributed by atoms with E-state index >= 15 is 0 Å². The number of hydrogen-bond acceptors (Lipinski definition) is 3. The summed E-state index contributed by atoms with van der Waals surface area (Å²) in [7, 11) is 0. The lowest BCUT2D eigenvalue weighted by Crippen LogP contribution is -2.31. The SMILES string of the molecule is CC1CCC(Nc2cccnc2N2CCCC2)CC1C. The topological polar surface area (TPSA) is 28.2 Å². The minimum Gasteiger partial charge on any atom is -0.379 e. The predicted octanol–water partition coefficient (Wildman–Crippen LogP) is 3.92. The van der Waals surface area contributed by atoms with Crippen molar-refractivity contribution in [1.29, 1.82) is 0 Å². The van der Waals surface area contributed by atoms with Crippen molar-refractivity contribution in [2.24, 2.45) is 11.8 Å². The van der Waals surface area contributed by atoms with Crippen molar-refractivity contribution < 1.29 is 0 Å². The number of aromatic nitrogens is 1. The van der Waals surface area contributed by atoms with Crippen LogP contribution in [0, 0.1) is 11.8 Å². The van der Waals surface area contributed by atoms with Crippen molar-refractivity contribution in [2.75, 3.05) is 23.3 Å². The molecule has 3 unspecified atom stereocenters. The Hall–Kier alpha value is -1.25. The smallest absolute Gasteiger partial charge is 0.151 e. The summed E-state index contributed by atoms with van der Waals surface area (Å²) in [6.45, 7) is 7.09. The summed E-state index contributed by atoms with van der Waals surface area (Å²) in [4.78, 5) is 7.05. The molecular formula is C17H27N3. The summed E-state index contributed by atoms with van der Waals surface area (Å²) in [5.74, 6) is 2.87. The fourth-order valence-electron chi connectivity index (χ4n) is 3.59. The summed E-state index contributed by atoms with van der Waals surface area (Å²) in [5, 5.41) is 3.77. The predicted molar refractivity (Wildman–Crippen MR) is 85.3 cm³/mol. The van der Waals surface area contributed by atoms with Crippen LogP contribution in [-0.4, -0.2) is 24.1 Å². The summed E-state index contributed by atoms with van der Waals surface area (Å²) in [6.07, 6.45) is 8.44. The van der Waals surface area contributed by atoms with Gasteiger partial charge in [-0.15, -0.1) is 0 Å². The van der Waals surface area contributed by atoms with E-state index in [2.05, 4.69) is 41.2 Å². The molecule has 110 valence electrons. The number of anilines is 2. The Bertz CT molecular complexity index is 440. The van der Waals surface area contributed by atoms with E-state index in [0.717, 1.165) is 30.7 Å². The minimum absolute atomic E-state index is 0.617. The Morgan fingerprint density at radius 1 is 1.15 bits per heavy atom. The van der Waals surface area contributed by atoms with Crippen molar-refractivity contribution in [3.05, 3.63) is 18.3 Å². The lowest BCUT2D eigenvalue weighted by Gasteiger charge is -2.34. The molecule has 0 aromatic carbocycles. The molecule has 2 heterocycles. The molecule has 3 rings (SSSR count). The molecule has 1 aliphatic heterocycles. The lowest BCUT2D eigenvalue weighted by molar-refractivity contribution is 0.261. The Labute approximate surface area is 122 Å². The summed E-state index contributed by atoms with van der Waals surface area (Å²) < 4.78 is 0. The molecule has 3 atom stereocenters. The summed E-state index contributed by atoms with van der Waals surface area (Å²) in [6, 6.07) is 4.87. The Morgan fingerprint density at radius 2 is 1.95 bits per heavy atom. The van der Waals surface area contributed by atoms with Gasteiger partial charge >= 0.3 is 0 Å². The molecule has 3 nitrogen and oxygen atoms in total. The molecule has 0 amide bonds. The van der Waals surface area contributed by atoms with Gasteiger partial charge < -0.3 is 10.2 Å². The fourth-order valence-corrected chi connectivity index (χ4v) is 3.59. The maximum atomic E-state index is 4.62. The fraction of sp³-hybridized carbons (Fsp3) is 0.706. The third kappa shape index (κ3) is 2.92. The highest BCUT2D eigenvalue weighted by Crippen LogP contribution is 2.33. The highest BCUT2D eigenvalue weighted by Gasteiger charge is 2.25. The van der Waals surface area contributed by atoms with Crippen LogP contribution in [0.5, 0.6) is 0 Å². The van der Waals surface area contributed by atoms with Crippen molar-refractivity contribution in [2.45, 2.75) is 52.0 Å². The first-order valence-corrected chi connectivity index (χ1v) is 8.20. The van der Waals surface area contributed by atoms with Crippen LogP contribution in [0.25, 0.3) is 0 Å². The van der Waals surface area contributed by atoms with Gasteiger partial charge in [0.2, 0.25) is 0 Å². The molecule has 0 radical (unpaired) electrons. The van der Waals surface area contributed by atoms with Crippen LogP contribution in [0.2, 0.25) is 0 Å². The first-order chi connectivity index (χ1) is 9.74. The van der Waals surface area contributed by atoms with Gasteiger partial charge in [-0.05, 0) is 56.1 Å². The number of pyridine rings is 1. The number of nitrogens with zero attached hydrogens (tertiary/aromatic N) is 2. The van der Waals surface area contributed by atoms with Gasteiger partial charge in [0, 0.05) is 25.3 Å². The molecule has 1 aliphatic carbocycles. The second-order valence-corrected chi connectivity index (χ2v) is 6.68. The summed E-state index contributed by atoms with van der Waals surface area (Å²) >= 11 is 0. The van der Waals surface area contributed by atoms with E-state index in [1.807, 2.05) is 6.20 Å². The molecule has 2 fully saturated rings. The molecule has 1 aromatic heterocycles. The van der Waals surface area contributed by atoms with Crippen molar-refractivity contribution >= 4 is 11.5 Å². The molecule has 1 N–H and O–H groups in total. The van der Waals surface area contributed by atoms with Gasteiger partial charge in [-0.2, -0.15) is 0 Å². The van der Waals surface area contributed by atoms with Crippen LogP contribution in [0.1, 0.15) is 46.0 Å². The zero-order valence-corrected chi connectivity index (χ0v) is 12.8. The van der Waals surface area contributed by atoms with Gasteiger partial charge in [-0.1, -0.05) is 13.8 Å². The van der Waals surface area contributed by atoms with Gasteiger partial charge in [0.15, 0.2) is 5.82 Å². The lowest BCUT2D eigenvalue weighted by atomic mass is 9.79. The molecule has 20 heavy (non-hydrogen) atoms. The van der Waals surface area contributed by atoms with Gasteiger partial charge in [0.25, 0.3) is 0 Å². The van der Waals surface area contributed by atoms with Crippen LogP contribution in [0.15, 0.2) is 18.3 Å². The highest BCUT2D eigenvalue weighted by molar-refractivity contribution is 5.66.